The number of likely N-dealkylation sites (tertiary alicyclic amines) is 1. The fourth-order valence-electron chi connectivity index (χ4n) is 9.95. The molecule has 4 aromatic heterocycles. The molecule has 0 radical (unpaired) electrons. The largest absolute Gasteiger partial charge is 0.474 e. The van der Waals surface area contributed by atoms with Crippen molar-refractivity contribution in [2.24, 2.45) is 0 Å². The van der Waals surface area contributed by atoms with Gasteiger partial charge in [-0.05, 0) is 133 Å². The van der Waals surface area contributed by atoms with Gasteiger partial charge in [0.05, 0.1) is 58.7 Å². The smallest absolute Gasteiger partial charge is 0.419 e. The molecular weight excluding hydrogens is 973 g/mol. The first-order chi connectivity index (χ1) is 33.9. The van der Waals surface area contributed by atoms with Gasteiger partial charge in [0.15, 0.2) is 21.6 Å². The first kappa shape index (κ1) is 49.4. The third-order valence-corrected chi connectivity index (χ3v) is 14.8. The zero-order valence-electron chi connectivity index (χ0n) is 38.2. The molecule has 71 heavy (non-hydrogen) atoms. The van der Waals surface area contributed by atoms with E-state index in [1.54, 1.807) is 46.5 Å². The highest BCUT2D eigenvalue weighted by atomic mass is 32.1. The average molecular weight is 1020 g/mol. The van der Waals surface area contributed by atoms with Crippen LogP contribution in [0.5, 0.6) is 11.8 Å². The number of aromatic nitrogens is 4. The number of halogens is 6. The van der Waals surface area contributed by atoms with Crippen LogP contribution in [0.3, 0.4) is 0 Å². The van der Waals surface area contributed by atoms with Crippen molar-refractivity contribution in [2.45, 2.75) is 119 Å². The number of piperidine rings is 1. The number of alkyl halides is 6. The van der Waals surface area contributed by atoms with Crippen molar-refractivity contribution in [3.8, 4) is 23.9 Å². The number of anilines is 4. The highest BCUT2D eigenvalue weighted by Gasteiger charge is 2.61. The summed E-state index contributed by atoms with van der Waals surface area (Å²) in [6.07, 6.45) is 6.78. The Kier molecular flexibility index (Phi) is 13.4. The maximum absolute atomic E-state index is 13.5. The molecule has 370 valence electrons. The number of pyridine rings is 4. The molecule has 3 aliphatic heterocycles. The Bertz CT molecular complexity index is 2820. The highest BCUT2D eigenvalue weighted by molar-refractivity contribution is 7.81. The summed E-state index contributed by atoms with van der Waals surface area (Å²) in [6, 6.07) is 11.4. The number of ether oxygens (including phenoxy) is 2. The van der Waals surface area contributed by atoms with E-state index in [2.05, 4.69) is 31.9 Å². The summed E-state index contributed by atoms with van der Waals surface area (Å²) >= 11 is 11.2. The van der Waals surface area contributed by atoms with Gasteiger partial charge in [0.2, 0.25) is 11.8 Å². The Balaban J connectivity index is 0.000000176. The second-order valence-corrected chi connectivity index (χ2v) is 19.1. The normalized spacial score (nSPS) is 20.4. The van der Waals surface area contributed by atoms with Crippen molar-refractivity contribution in [2.75, 3.05) is 39.7 Å². The standard InChI is InChI=1S/C24H23F3N6O2S.C24H22F3N5O2S/c1-31-9-5-17(6-10-31)35-20-4-3-15(13-30-20)33-22(36)32(21(34)23(33)7-2-8-23)16-11-18(24(25,26)27)19(12-28)29-14-16;25-24(26,27)18-11-16(14-29-19(18)12-28)31-21(33)23(9-4-10-23)32(22(31)35)15-7-8-20(30-13-15)34-17-5-2-1-3-6-17/h3-4,11,13-14,17H,2,5-10H2,1H3;7-8,11,13-14,17H,1-6,9-10H2. The van der Waals surface area contributed by atoms with E-state index in [0.29, 0.717) is 48.8 Å². The van der Waals surface area contributed by atoms with Crippen molar-refractivity contribution in [3.05, 3.63) is 83.7 Å². The minimum atomic E-state index is -4.81. The maximum atomic E-state index is 13.5. The predicted molar refractivity (Wildman–Crippen MR) is 253 cm³/mol. The van der Waals surface area contributed by atoms with Crippen molar-refractivity contribution >= 4 is 69.2 Å². The van der Waals surface area contributed by atoms with Crippen LogP contribution in [0.15, 0.2) is 61.2 Å². The fourth-order valence-corrected chi connectivity index (χ4v) is 10.9. The monoisotopic (exact) mass is 1020 g/mol. The average Bonchev–Trinajstić information content (AvgIpc) is 3.72. The zero-order valence-corrected chi connectivity index (χ0v) is 39.8. The number of rotatable bonds is 8. The van der Waals surface area contributed by atoms with E-state index in [-0.39, 0.29) is 33.8 Å². The van der Waals surface area contributed by atoms with E-state index in [1.165, 1.54) is 18.6 Å². The number of carbonyl (C=O) groups excluding carboxylic acids is 2. The van der Waals surface area contributed by atoms with E-state index in [9.17, 15) is 35.9 Å². The molecule has 0 aromatic carbocycles. The van der Waals surface area contributed by atoms with Gasteiger partial charge in [-0.3, -0.25) is 19.4 Å². The predicted octanol–water partition coefficient (Wildman–Crippen LogP) is 9.04. The summed E-state index contributed by atoms with van der Waals surface area (Å²) in [6.45, 7) is 1.90. The highest BCUT2D eigenvalue weighted by Crippen LogP contribution is 2.50. The molecule has 6 aliphatic rings. The number of nitrogens with zero attached hydrogens (tertiary/aromatic N) is 11. The van der Waals surface area contributed by atoms with Crippen LogP contribution in [-0.2, 0) is 21.9 Å². The van der Waals surface area contributed by atoms with Crippen LogP contribution in [0.2, 0.25) is 0 Å². The number of nitriles is 2. The lowest BCUT2D eigenvalue weighted by atomic mass is 9.75. The number of thiocarbonyl (C=S) groups is 2. The van der Waals surface area contributed by atoms with Crippen LogP contribution in [0.25, 0.3) is 0 Å². The first-order valence-electron chi connectivity index (χ1n) is 23.1. The van der Waals surface area contributed by atoms with Gasteiger partial charge in [-0.15, -0.1) is 0 Å². The Morgan fingerprint density at radius 3 is 1.32 bits per heavy atom. The van der Waals surface area contributed by atoms with Gasteiger partial charge in [-0.2, -0.15) is 36.9 Å². The van der Waals surface area contributed by atoms with E-state index >= 15 is 0 Å². The van der Waals surface area contributed by atoms with Gasteiger partial charge < -0.3 is 24.2 Å². The van der Waals surface area contributed by atoms with Crippen LogP contribution in [0.1, 0.15) is 106 Å². The van der Waals surface area contributed by atoms with Gasteiger partial charge in [0.1, 0.15) is 35.4 Å². The van der Waals surface area contributed by atoms with Crippen LogP contribution in [0.4, 0.5) is 49.1 Å². The van der Waals surface area contributed by atoms with Crippen LogP contribution in [0, 0.1) is 22.7 Å². The molecule has 3 saturated heterocycles. The van der Waals surface area contributed by atoms with Crippen molar-refractivity contribution < 1.29 is 45.4 Å². The van der Waals surface area contributed by atoms with Gasteiger partial charge in [0, 0.05) is 25.2 Å². The Labute approximate surface area is 415 Å². The Morgan fingerprint density at radius 1 is 0.592 bits per heavy atom. The first-order valence-corrected chi connectivity index (χ1v) is 24.0. The summed E-state index contributed by atoms with van der Waals surface area (Å²) in [5, 5.41) is 18.2. The van der Waals surface area contributed by atoms with Crippen LogP contribution < -0.4 is 29.1 Å². The Morgan fingerprint density at radius 2 is 0.986 bits per heavy atom. The van der Waals surface area contributed by atoms with Gasteiger partial charge in [-0.25, -0.2) is 19.9 Å². The number of carbonyl (C=O) groups is 2. The molecule has 2 spiro atoms. The summed E-state index contributed by atoms with van der Waals surface area (Å²) in [4.78, 5) is 51.0. The summed E-state index contributed by atoms with van der Waals surface area (Å²) < 4.78 is 93.1. The molecule has 2 amide bonds. The van der Waals surface area contributed by atoms with E-state index < -0.39 is 57.8 Å². The van der Waals surface area contributed by atoms with Gasteiger partial charge in [-0.1, -0.05) is 6.42 Å². The summed E-state index contributed by atoms with van der Waals surface area (Å²) in [5.41, 5.74) is -5.02. The lowest BCUT2D eigenvalue weighted by Gasteiger charge is -2.42. The molecule has 7 heterocycles. The minimum Gasteiger partial charge on any atom is -0.474 e. The number of hydrogen-bond acceptors (Lipinski definition) is 13. The topological polar surface area (TPSA) is 168 Å². The molecule has 4 aromatic rings. The molecule has 23 heteroatoms. The molecule has 10 rings (SSSR count). The van der Waals surface area contributed by atoms with E-state index in [4.69, 9.17) is 44.4 Å². The quantitative estimate of drug-likeness (QED) is 0.121. The van der Waals surface area contributed by atoms with Crippen LogP contribution in [-0.4, -0.2) is 90.3 Å². The van der Waals surface area contributed by atoms with Crippen molar-refractivity contribution in [1.82, 2.24) is 24.8 Å². The van der Waals surface area contributed by atoms with Crippen molar-refractivity contribution in [3.63, 3.8) is 0 Å². The molecule has 0 N–H and O–H groups in total. The summed E-state index contributed by atoms with van der Waals surface area (Å²) in [5.74, 6) is 0.138. The number of amides is 2. The molecule has 3 saturated carbocycles. The Hall–Kier alpha value is -6.56. The summed E-state index contributed by atoms with van der Waals surface area (Å²) in [7, 11) is 2.07. The molecule has 0 bridgehead atoms. The molecule has 0 atom stereocenters. The molecule has 0 unspecified atom stereocenters. The third-order valence-electron chi connectivity index (χ3n) is 14.0. The fraction of sp³-hybridized carbons (Fsp3) is 0.458. The molecule has 15 nitrogen and oxygen atoms in total. The second-order valence-electron chi connectivity index (χ2n) is 18.4. The van der Waals surface area contributed by atoms with Gasteiger partial charge in [0.25, 0.3) is 11.8 Å². The molecular formula is C48H45F6N11O4S2. The van der Waals surface area contributed by atoms with Gasteiger partial charge >= 0.3 is 12.4 Å². The van der Waals surface area contributed by atoms with Crippen LogP contribution >= 0.6 is 24.4 Å². The van der Waals surface area contributed by atoms with Crippen molar-refractivity contribution in [1.29, 1.82) is 10.5 Å². The molecule has 3 aliphatic carbocycles. The maximum Gasteiger partial charge on any atom is 0.419 e. The number of hydrogen-bond donors (Lipinski definition) is 0. The lowest BCUT2D eigenvalue weighted by Crippen LogP contribution is -2.55. The zero-order chi connectivity index (χ0) is 50.5. The van der Waals surface area contributed by atoms with E-state index in [1.807, 2.05) is 0 Å². The third kappa shape index (κ3) is 9.19. The molecule has 6 fully saturated rings. The second kappa shape index (κ2) is 19.2. The van der Waals surface area contributed by atoms with E-state index in [0.717, 1.165) is 98.8 Å². The lowest BCUT2D eigenvalue weighted by molar-refractivity contribution is -0.138. The SMILES string of the molecule is CN1CCC(Oc2ccc(N3C(=S)N(c4cnc(C#N)c(C(F)(F)F)c4)C(=O)C34CCC4)cn2)CC1.N#Cc1ncc(N2C(=O)C3(CCC3)N(c3ccc(OC4CCCCC4)nc3)C2=S)cc1C(F)(F)F. The minimum absolute atomic E-state index is 0.0464.